The van der Waals surface area contributed by atoms with E-state index in [1.165, 1.54) is 10.7 Å². The van der Waals surface area contributed by atoms with Crippen molar-refractivity contribution < 1.29 is 27.6 Å². The number of hydrogen-bond acceptors (Lipinski definition) is 5. The van der Waals surface area contributed by atoms with Gasteiger partial charge in [0.2, 0.25) is 11.8 Å². The number of fused-ring (bicyclic) bond motifs is 1. The number of carbonyl (C=O) groups is 3. The van der Waals surface area contributed by atoms with Crippen LogP contribution in [-0.4, -0.2) is 45.0 Å². The van der Waals surface area contributed by atoms with E-state index in [9.17, 15) is 27.6 Å². The molecule has 12 heteroatoms. The van der Waals surface area contributed by atoms with Crippen LogP contribution in [0.3, 0.4) is 0 Å². The lowest BCUT2D eigenvalue weighted by atomic mass is 10.1. The van der Waals surface area contributed by atoms with E-state index in [1.807, 2.05) is 0 Å². The number of imidazole rings is 1. The van der Waals surface area contributed by atoms with Crippen LogP contribution >= 0.6 is 0 Å². The standard InChI is InChI=1S/C23H23F3N6O3/c24-23(25,26)7-6-20(33)27-11-15-9-19-30-17(14-32(19)29-12-15)13-28-22(35)16-3-1-4-18(10-16)31-8-2-5-21(31)34/h1,3-4,9-10,12,14H,2,5-8,11,13H2,(H,27,33)(H,28,35). The fourth-order valence-electron chi connectivity index (χ4n) is 3.70. The summed E-state index contributed by atoms with van der Waals surface area (Å²) in [4.78, 5) is 42.2. The number of benzene rings is 1. The second kappa shape index (κ2) is 10.1. The van der Waals surface area contributed by atoms with Crippen LogP contribution in [-0.2, 0) is 22.7 Å². The molecule has 1 fully saturated rings. The van der Waals surface area contributed by atoms with Crippen LogP contribution in [0.4, 0.5) is 18.9 Å². The Labute approximate surface area is 198 Å². The maximum atomic E-state index is 12.6. The summed E-state index contributed by atoms with van der Waals surface area (Å²) < 4.78 is 38.2. The lowest BCUT2D eigenvalue weighted by Gasteiger charge is -2.16. The zero-order chi connectivity index (χ0) is 25.0. The predicted octanol–water partition coefficient (Wildman–Crippen LogP) is 2.74. The maximum absolute atomic E-state index is 12.6. The fraction of sp³-hybridized carbons (Fsp3) is 0.348. The van der Waals surface area contributed by atoms with Gasteiger partial charge in [-0.05, 0) is 36.2 Å². The molecule has 1 aromatic carbocycles. The van der Waals surface area contributed by atoms with Gasteiger partial charge in [0.05, 0.1) is 31.1 Å². The van der Waals surface area contributed by atoms with Crippen molar-refractivity contribution in [1.29, 1.82) is 0 Å². The first-order valence-corrected chi connectivity index (χ1v) is 11.0. The van der Waals surface area contributed by atoms with Crippen LogP contribution in [0, 0.1) is 0 Å². The third-order valence-corrected chi connectivity index (χ3v) is 5.48. The van der Waals surface area contributed by atoms with Crippen molar-refractivity contribution >= 4 is 29.1 Å². The lowest BCUT2D eigenvalue weighted by Crippen LogP contribution is -2.25. The topological polar surface area (TPSA) is 109 Å². The van der Waals surface area contributed by atoms with Crippen molar-refractivity contribution in [2.45, 2.75) is 44.9 Å². The molecule has 1 aliphatic rings. The number of amides is 3. The lowest BCUT2D eigenvalue weighted by molar-refractivity contribution is -0.144. The van der Waals surface area contributed by atoms with Crippen LogP contribution in [0.2, 0.25) is 0 Å². The smallest absolute Gasteiger partial charge is 0.352 e. The number of anilines is 1. The molecular formula is C23H23F3N6O3. The number of nitrogens with zero attached hydrogens (tertiary/aromatic N) is 4. The normalized spacial score (nSPS) is 13.9. The van der Waals surface area contributed by atoms with Gasteiger partial charge in [-0.15, -0.1) is 0 Å². The summed E-state index contributed by atoms with van der Waals surface area (Å²) in [7, 11) is 0. The van der Waals surface area contributed by atoms with Crippen molar-refractivity contribution in [3.63, 3.8) is 0 Å². The number of carbonyl (C=O) groups excluding carboxylic acids is 3. The molecule has 9 nitrogen and oxygen atoms in total. The Balaban J connectivity index is 1.33. The molecule has 0 aliphatic carbocycles. The highest BCUT2D eigenvalue weighted by Crippen LogP contribution is 2.22. The van der Waals surface area contributed by atoms with Gasteiger partial charge in [-0.25, -0.2) is 9.50 Å². The average molecular weight is 488 g/mol. The summed E-state index contributed by atoms with van der Waals surface area (Å²) in [5.41, 5.74) is 2.70. The van der Waals surface area contributed by atoms with E-state index in [1.54, 1.807) is 41.4 Å². The van der Waals surface area contributed by atoms with E-state index in [0.29, 0.717) is 41.1 Å². The first-order valence-electron chi connectivity index (χ1n) is 11.0. The van der Waals surface area contributed by atoms with E-state index in [0.717, 1.165) is 6.42 Å². The number of aromatic nitrogens is 3. The number of alkyl halides is 3. The molecular weight excluding hydrogens is 465 g/mol. The highest BCUT2D eigenvalue weighted by atomic mass is 19.4. The van der Waals surface area contributed by atoms with Crippen molar-refractivity contribution in [3.8, 4) is 0 Å². The van der Waals surface area contributed by atoms with Gasteiger partial charge in [0.25, 0.3) is 5.91 Å². The van der Waals surface area contributed by atoms with Crippen molar-refractivity contribution in [1.82, 2.24) is 25.2 Å². The highest BCUT2D eigenvalue weighted by molar-refractivity contribution is 5.99. The largest absolute Gasteiger partial charge is 0.389 e. The van der Waals surface area contributed by atoms with Gasteiger partial charge < -0.3 is 15.5 Å². The number of rotatable bonds is 8. The summed E-state index contributed by atoms with van der Waals surface area (Å²) in [5.74, 6) is -0.974. The van der Waals surface area contributed by atoms with Crippen molar-refractivity contribution in [3.05, 3.63) is 59.5 Å². The number of nitrogens with one attached hydrogen (secondary N) is 2. The zero-order valence-electron chi connectivity index (χ0n) is 18.6. The molecule has 4 rings (SSSR count). The van der Waals surface area contributed by atoms with Crippen LogP contribution in [0.15, 0.2) is 42.7 Å². The zero-order valence-corrected chi connectivity index (χ0v) is 18.6. The third kappa shape index (κ3) is 6.34. The quantitative estimate of drug-likeness (QED) is 0.507. The van der Waals surface area contributed by atoms with Gasteiger partial charge in [0.1, 0.15) is 0 Å². The van der Waals surface area contributed by atoms with Gasteiger partial charge in [-0.3, -0.25) is 14.4 Å². The molecule has 0 unspecified atom stereocenters. The third-order valence-electron chi connectivity index (χ3n) is 5.48. The first kappa shape index (κ1) is 24.2. The Morgan fingerprint density at radius 1 is 1.11 bits per heavy atom. The number of halogens is 3. The molecule has 0 bridgehead atoms. The summed E-state index contributed by atoms with van der Waals surface area (Å²) >= 11 is 0. The maximum Gasteiger partial charge on any atom is 0.389 e. The molecule has 2 N–H and O–H groups in total. The molecule has 3 amide bonds. The van der Waals surface area contributed by atoms with Crippen molar-refractivity contribution in [2.75, 3.05) is 11.4 Å². The number of hydrogen-bond donors (Lipinski definition) is 2. The van der Waals surface area contributed by atoms with E-state index in [4.69, 9.17) is 0 Å². The molecule has 184 valence electrons. The van der Waals surface area contributed by atoms with Gasteiger partial charge in [-0.1, -0.05) is 6.07 Å². The Bertz CT molecular complexity index is 1260. The predicted molar refractivity (Wildman–Crippen MR) is 119 cm³/mol. The molecule has 0 saturated carbocycles. The van der Waals surface area contributed by atoms with Crippen LogP contribution < -0.4 is 15.5 Å². The van der Waals surface area contributed by atoms with Gasteiger partial charge in [0.15, 0.2) is 5.65 Å². The minimum absolute atomic E-state index is 0.0228. The molecule has 2 aromatic heterocycles. The van der Waals surface area contributed by atoms with Crippen LogP contribution in [0.1, 0.15) is 47.3 Å². The van der Waals surface area contributed by atoms with E-state index < -0.39 is 24.9 Å². The highest BCUT2D eigenvalue weighted by Gasteiger charge is 2.27. The van der Waals surface area contributed by atoms with E-state index in [-0.39, 0.29) is 24.9 Å². The van der Waals surface area contributed by atoms with Gasteiger partial charge >= 0.3 is 6.18 Å². The Morgan fingerprint density at radius 3 is 2.69 bits per heavy atom. The second-order valence-corrected chi connectivity index (χ2v) is 8.17. The van der Waals surface area contributed by atoms with Crippen LogP contribution in [0.25, 0.3) is 5.65 Å². The SMILES string of the molecule is O=C(CCC(F)(F)F)NCc1cnn2cc(CNC(=O)c3cccc(N4CCCC4=O)c3)nc2c1. The van der Waals surface area contributed by atoms with Crippen molar-refractivity contribution in [2.24, 2.45) is 0 Å². The van der Waals surface area contributed by atoms with E-state index >= 15 is 0 Å². The Morgan fingerprint density at radius 2 is 1.94 bits per heavy atom. The molecule has 0 spiro atoms. The first-order chi connectivity index (χ1) is 16.7. The summed E-state index contributed by atoms with van der Waals surface area (Å²) in [6.45, 7) is 0.797. The summed E-state index contributed by atoms with van der Waals surface area (Å²) in [6.07, 6.45) is -1.77. The Hall–Kier alpha value is -3.96. The summed E-state index contributed by atoms with van der Waals surface area (Å²) in [6, 6.07) is 8.52. The molecule has 35 heavy (non-hydrogen) atoms. The molecule has 1 saturated heterocycles. The monoisotopic (exact) mass is 488 g/mol. The van der Waals surface area contributed by atoms with Crippen LogP contribution in [0.5, 0.6) is 0 Å². The van der Waals surface area contributed by atoms with Gasteiger partial charge in [-0.2, -0.15) is 18.3 Å². The van der Waals surface area contributed by atoms with E-state index in [2.05, 4.69) is 20.7 Å². The van der Waals surface area contributed by atoms with Gasteiger partial charge in [0, 0.05) is 37.2 Å². The fourth-order valence-corrected chi connectivity index (χ4v) is 3.70. The minimum Gasteiger partial charge on any atom is -0.352 e. The Kier molecular flexibility index (Phi) is 6.99. The molecule has 3 heterocycles. The molecule has 0 atom stereocenters. The molecule has 3 aromatic rings. The average Bonchev–Trinajstić information content (AvgIpc) is 3.44. The summed E-state index contributed by atoms with van der Waals surface area (Å²) in [5, 5.41) is 9.41. The molecule has 1 aliphatic heterocycles. The second-order valence-electron chi connectivity index (χ2n) is 8.17. The minimum atomic E-state index is -4.38. The molecule has 0 radical (unpaired) electrons.